The van der Waals surface area contributed by atoms with Gasteiger partial charge in [-0.15, -0.1) is 0 Å². The van der Waals surface area contributed by atoms with Crippen molar-refractivity contribution < 1.29 is 89.7 Å². The Bertz CT molecular complexity index is 10.8. The molecule has 0 aliphatic heterocycles. The minimum Gasteiger partial charge on any atom is 3.00 e. The summed E-state index contributed by atoms with van der Waals surface area (Å²) in [6.07, 6.45) is 0. The fourth-order valence-corrected chi connectivity index (χ4v) is 0. The van der Waals surface area contributed by atoms with Crippen molar-refractivity contribution in [2.45, 2.75) is 0 Å². The van der Waals surface area contributed by atoms with Gasteiger partial charge < -0.3 is 11.0 Å². The van der Waals surface area contributed by atoms with Gasteiger partial charge in [-0.05, 0) is 0 Å². The fraction of sp³-hybridized carbons (Fsp3) is 0. The van der Waals surface area contributed by atoms with Crippen molar-refractivity contribution in [1.29, 1.82) is 0 Å². The van der Waals surface area contributed by atoms with Gasteiger partial charge >= 0.3 is 78.8 Å². The van der Waals surface area contributed by atoms with Gasteiger partial charge in [-0.25, -0.2) is 0 Å². The first-order valence-electron chi connectivity index (χ1n) is 0.136. The van der Waals surface area contributed by atoms with Crippen LogP contribution in [0.1, 0.15) is 0 Å². The molecule has 0 N–H and O–H groups in total. The smallest absolute Gasteiger partial charge is 3.00 e. The van der Waals surface area contributed by atoms with Crippen molar-refractivity contribution in [3.8, 4) is 0 Å². The first-order valence-corrected chi connectivity index (χ1v) is 0.561. The molecule has 0 aromatic heterocycles. The molecule has 0 saturated heterocycles. The Morgan fingerprint density at radius 1 is 1.00 bits per heavy atom. The molecule has 0 amide bonds. The molecule has 0 unspecified atom stereocenters. The summed E-state index contributed by atoms with van der Waals surface area (Å²) in [5.41, 5.74) is 0. The van der Waals surface area contributed by atoms with E-state index in [1.165, 1.54) is 0 Å². The SMILES string of the molecule is [Li+].[O-2].[O-2].[O]=[Co].[Sm+3]. The van der Waals surface area contributed by atoms with Crippen LogP contribution in [0.25, 0.3) is 0 Å². The van der Waals surface area contributed by atoms with Gasteiger partial charge in [-0.2, -0.15) is 0 Å². The Hall–Kier alpha value is 2.16. The molecule has 0 bridgehead atoms. The van der Waals surface area contributed by atoms with E-state index >= 15 is 0 Å². The van der Waals surface area contributed by atoms with Gasteiger partial charge in [0.25, 0.3) is 0 Å². The van der Waals surface area contributed by atoms with E-state index in [-0.39, 0.29) is 70.2 Å². The van der Waals surface area contributed by atoms with Crippen LogP contribution >= 0.6 is 0 Å². The summed E-state index contributed by atoms with van der Waals surface area (Å²) in [7, 11) is 0. The van der Waals surface area contributed by atoms with Gasteiger partial charge in [0.15, 0.2) is 0 Å². The van der Waals surface area contributed by atoms with Crippen LogP contribution in [0.3, 0.4) is 0 Å². The van der Waals surface area contributed by atoms with Gasteiger partial charge in [0, 0.05) is 0 Å². The Balaban J connectivity index is -0.000000000833. The molecule has 34 valence electrons. The fourth-order valence-electron chi connectivity index (χ4n) is 0. The molecular formula is CoLiO3Sm. The summed E-state index contributed by atoms with van der Waals surface area (Å²) < 4.78 is 7.94. The molecule has 0 spiro atoms. The summed E-state index contributed by atoms with van der Waals surface area (Å²) in [5, 5.41) is 0. The molecule has 0 rings (SSSR count). The maximum atomic E-state index is 7.94. The van der Waals surface area contributed by atoms with Gasteiger partial charge in [0.2, 0.25) is 0 Å². The Morgan fingerprint density at radius 2 is 1.00 bits per heavy atom. The average Bonchev–Trinajstić information content (AvgIpc) is 1.00. The predicted molar refractivity (Wildman–Crippen MR) is 2.06 cm³/mol. The van der Waals surface area contributed by atoms with Crippen LogP contribution in [0.4, 0.5) is 0 Å². The molecule has 6 heavy (non-hydrogen) atoms. The van der Waals surface area contributed by atoms with Gasteiger partial charge in [-0.3, -0.25) is 0 Å². The van der Waals surface area contributed by atoms with Crippen LogP contribution in [-0.2, 0) is 30.5 Å². The van der Waals surface area contributed by atoms with Crippen LogP contribution in [-0.4, -0.2) is 0 Å². The predicted octanol–water partition coefficient (Wildman–Crippen LogP) is -3.35. The summed E-state index contributed by atoms with van der Waals surface area (Å²) in [6.45, 7) is 0. The summed E-state index contributed by atoms with van der Waals surface area (Å²) >= 11 is 2.31. The third-order valence-electron chi connectivity index (χ3n) is 0. The van der Waals surface area contributed by atoms with Crippen molar-refractivity contribution in [2.24, 2.45) is 0 Å². The number of rotatable bonds is 0. The molecule has 0 heterocycles. The van der Waals surface area contributed by atoms with Crippen LogP contribution in [0.15, 0.2) is 0 Å². The first-order chi connectivity index (χ1) is 1.00. The van der Waals surface area contributed by atoms with Crippen LogP contribution in [0, 0.1) is 40.4 Å². The molecule has 0 aliphatic carbocycles. The van der Waals surface area contributed by atoms with Crippen LogP contribution in [0.2, 0.25) is 0 Å². The summed E-state index contributed by atoms with van der Waals surface area (Å²) in [5.74, 6) is 0. The third-order valence-corrected chi connectivity index (χ3v) is 0. The third kappa shape index (κ3) is 35.1. The van der Waals surface area contributed by atoms with Crippen LogP contribution < -0.4 is 18.9 Å². The van der Waals surface area contributed by atoms with E-state index in [4.69, 9.17) is 3.87 Å². The van der Waals surface area contributed by atoms with Gasteiger partial charge in [-0.1, -0.05) is 0 Å². The molecule has 0 aromatic rings. The van der Waals surface area contributed by atoms with Crippen LogP contribution in [0.5, 0.6) is 0 Å². The molecule has 1 radical (unpaired) electrons. The molecule has 6 heteroatoms. The monoisotopic (exact) mass is 266 g/mol. The van der Waals surface area contributed by atoms with Crippen molar-refractivity contribution in [2.75, 3.05) is 0 Å². The zero-order valence-electron chi connectivity index (χ0n) is 2.97. The average molecular weight is 264 g/mol. The Labute approximate surface area is 88.3 Å². The van der Waals surface area contributed by atoms with Crippen molar-refractivity contribution >= 4 is 0 Å². The maximum absolute atomic E-state index is 7.94. The summed E-state index contributed by atoms with van der Waals surface area (Å²) in [6, 6.07) is 0. The summed E-state index contributed by atoms with van der Waals surface area (Å²) in [4.78, 5) is 0. The molecular weight excluding hydrogens is 264 g/mol. The topological polar surface area (TPSA) is 74.1 Å². The largest absolute Gasteiger partial charge is 3.00 e. The second kappa shape index (κ2) is 58.2. The van der Waals surface area contributed by atoms with Crippen molar-refractivity contribution in [3.05, 3.63) is 0 Å². The second-order valence-electron chi connectivity index (χ2n) is 0. The zero-order valence-corrected chi connectivity index (χ0v) is 6.63. The Morgan fingerprint density at radius 3 is 1.00 bits per heavy atom. The molecule has 0 aromatic carbocycles. The number of hydrogen-bond donors (Lipinski definition) is 0. The zero-order chi connectivity index (χ0) is 2.00. The quantitative estimate of drug-likeness (QED) is 0.421. The molecule has 0 atom stereocenters. The van der Waals surface area contributed by atoms with E-state index < -0.39 is 0 Å². The van der Waals surface area contributed by atoms with Gasteiger partial charge in [0.05, 0.1) is 0 Å². The van der Waals surface area contributed by atoms with E-state index in [9.17, 15) is 0 Å². The first kappa shape index (κ1) is 41.9. The minimum atomic E-state index is 0. The minimum absolute atomic E-state index is 0. The molecule has 3 nitrogen and oxygen atoms in total. The molecule has 0 saturated carbocycles. The standard InChI is InChI=1S/Co.Li.3O.Sm/q;+1;;2*-2;+3. The van der Waals surface area contributed by atoms with E-state index in [1.54, 1.807) is 0 Å². The Kier molecular flexibility index (Phi) is 406. The molecule has 0 fully saturated rings. The maximum Gasteiger partial charge on any atom is 3.00 e. The number of hydrogen-bond acceptors (Lipinski definition) is 1. The normalized spacial score (nSPS) is 0.833. The van der Waals surface area contributed by atoms with E-state index in [1.807, 2.05) is 0 Å². The molecule has 0 aliphatic rings. The second-order valence-corrected chi connectivity index (χ2v) is 0. The van der Waals surface area contributed by atoms with Crippen molar-refractivity contribution in [3.63, 3.8) is 0 Å². The van der Waals surface area contributed by atoms with E-state index in [0.29, 0.717) is 0 Å². The van der Waals surface area contributed by atoms with E-state index in [2.05, 4.69) is 15.7 Å². The van der Waals surface area contributed by atoms with E-state index in [0.717, 1.165) is 0 Å². The van der Waals surface area contributed by atoms with Gasteiger partial charge in [0.1, 0.15) is 0 Å². The van der Waals surface area contributed by atoms with Crippen molar-refractivity contribution in [1.82, 2.24) is 0 Å².